The van der Waals surface area contributed by atoms with Crippen LogP contribution in [0.1, 0.15) is 35.2 Å². The van der Waals surface area contributed by atoms with Gasteiger partial charge in [-0.3, -0.25) is 9.20 Å². The Morgan fingerprint density at radius 3 is 2.84 bits per heavy atom. The number of fused-ring (bicyclic) bond motifs is 6. The number of carbonyl (C=O) groups is 1. The highest BCUT2D eigenvalue weighted by Gasteiger charge is 2.35. The van der Waals surface area contributed by atoms with Crippen molar-refractivity contribution in [3.8, 4) is 11.3 Å². The molecule has 188 valence electrons. The summed E-state index contributed by atoms with van der Waals surface area (Å²) in [4.78, 5) is 24.1. The number of anilines is 3. The van der Waals surface area contributed by atoms with Crippen LogP contribution in [0.5, 0.6) is 0 Å². The molecule has 6 heterocycles. The Morgan fingerprint density at radius 2 is 2.00 bits per heavy atom. The van der Waals surface area contributed by atoms with Crippen molar-refractivity contribution in [3.05, 3.63) is 71.9 Å². The SMILES string of the molecule is O=C1NCc2c(-c3cnc4cc(F)ccn34)ccc(Nc3ccc(N4CC5CCC(C4)C(O)C5)cn3)c21. The molecule has 8 nitrogen and oxygen atoms in total. The number of aliphatic hydroxyl groups excluding tert-OH is 1. The summed E-state index contributed by atoms with van der Waals surface area (Å²) < 4.78 is 15.5. The zero-order valence-corrected chi connectivity index (χ0v) is 20.2. The second-order valence-electron chi connectivity index (χ2n) is 10.4. The predicted octanol–water partition coefficient (Wildman–Crippen LogP) is 4.12. The van der Waals surface area contributed by atoms with E-state index in [1.807, 2.05) is 28.8 Å². The van der Waals surface area contributed by atoms with Crippen molar-refractivity contribution in [3.63, 3.8) is 0 Å². The average Bonchev–Trinajstić information content (AvgIpc) is 3.37. The number of aliphatic hydroxyl groups is 1. The molecule has 1 aromatic carbocycles. The minimum atomic E-state index is -0.342. The summed E-state index contributed by atoms with van der Waals surface area (Å²) in [5, 5.41) is 16.6. The fraction of sp³-hybridized carbons (Fsp3) is 0.321. The van der Waals surface area contributed by atoms with Crippen LogP contribution in [0, 0.1) is 17.7 Å². The summed E-state index contributed by atoms with van der Waals surface area (Å²) >= 11 is 0. The average molecular weight is 499 g/mol. The number of pyridine rings is 2. The van der Waals surface area contributed by atoms with E-state index in [9.17, 15) is 14.3 Å². The highest BCUT2D eigenvalue weighted by atomic mass is 19.1. The minimum absolute atomic E-state index is 0.144. The predicted molar refractivity (Wildman–Crippen MR) is 138 cm³/mol. The molecule has 3 aliphatic heterocycles. The van der Waals surface area contributed by atoms with E-state index in [4.69, 9.17) is 0 Å². The molecule has 37 heavy (non-hydrogen) atoms. The first-order valence-corrected chi connectivity index (χ1v) is 12.8. The Labute approximate surface area is 213 Å². The first kappa shape index (κ1) is 22.2. The number of nitrogens with one attached hydrogen (secondary N) is 2. The molecule has 1 amide bonds. The molecule has 3 N–H and O–H groups in total. The summed E-state index contributed by atoms with van der Waals surface area (Å²) in [6.07, 6.45) is 8.18. The van der Waals surface area contributed by atoms with Crippen LogP contribution in [0.4, 0.5) is 21.6 Å². The third kappa shape index (κ3) is 3.81. The molecule has 3 atom stereocenters. The Bertz CT molecular complexity index is 1520. The molecular formula is C28H27FN6O2. The number of rotatable bonds is 4. The van der Waals surface area contributed by atoms with Crippen molar-refractivity contribution >= 4 is 28.7 Å². The smallest absolute Gasteiger partial charge is 0.254 e. The van der Waals surface area contributed by atoms with Crippen LogP contribution in [0.25, 0.3) is 16.9 Å². The topological polar surface area (TPSA) is 94.8 Å². The number of imidazole rings is 1. The normalized spacial score (nSPS) is 22.7. The maximum atomic E-state index is 13.6. The van der Waals surface area contributed by atoms with E-state index in [-0.39, 0.29) is 17.8 Å². The second kappa shape index (κ2) is 8.55. The number of amides is 1. The van der Waals surface area contributed by atoms with E-state index in [2.05, 4.69) is 31.6 Å². The highest BCUT2D eigenvalue weighted by molar-refractivity contribution is 6.06. The first-order valence-electron chi connectivity index (χ1n) is 12.8. The zero-order valence-electron chi connectivity index (χ0n) is 20.2. The van der Waals surface area contributed by atoms with Gasteiger partial charge >= 0.3 is 0 Å². The molecule has 9 heteroatoms. The fourth-order valence-corrected chi connectivity index (χ4v) is 6.18. The molecule has 3 aromatic heterocycles. The van der Waals surface area contributed by atoms with Crippen LogP contribution >= 0.6 is 0 Å². The van der Waals surface area contributed by atoms with Gasteiger partial charge in [0, 0.05) is 43.4 Å². The number of nitrogens with zero attached hydrogens (tertiary/aromatic N) is 4. The molecular weight excluding hydrogens is 471 g/mol. The molecule has 0 spiro atoms. The molecule has 4 aromatic rings. The van der Waals surface area contributed by atoms with Gasteiger partial charge in [-0.05, 0) is 55.0 Å². The molecule has 8 rings (SSSR count). The molecule has 4 aliphatic rings. The molecule has 2 bridgehead atoms. The van der Waals surface area contributed by atoms with Gasteiger partial charge in [-0.15, -0.1) is 0 Å². The molecule has 3 fully saturated rings. The van der Waals surface area contributed by atoms with Crippen molar-refractivity contribution in [2.24, 2.45) is 11.8 Å². The maximum absolute atomic E-state index is 13.6. The van der Waals surface area contributed by atoms with Gasteiger partial charge in [0.25, 0.3) is 5.91 Å². The van der Waals surface area contributed by atoms with Crippen molar-refractivity contribution in [1.82, 2.24) is 19.7 Å². The van der Waals surface area contributed by atoms with Crippen molar-refractivity contribution in [2.45, 2.75) is 31.9 Å². The maximum Gasteiger partial charge on any atom is 0.254 e. The van der Waals surface area contributed by atoms with E-state index >= 15 is 0 Å². The molecule has 0 radical (unpaired) electrons. The monoisotopic (exact) mass is 498 g/mol. The summed E-state index contributed by atoms with van der Waals surface area (Å²) in [6.45, 7) is 2.22. The van der Waals surface area contributed by atoms with E-state index in [0.717, 1.165) is 48.4 Å². The molecule has 3 unspecified atom stereocenters. The second-order valence-corrected chi connectivity index (χ2v) is 10.4. The van der Waals surface area contributed by atoms with Crippen LogP contribution in [0.15, 0.2) is 55.0 Å². The van der Waals surface area contributed by atoms with Crippen LogP contribution in [-0.4, -0.2) is 44.6 Å². The van der Waals surface area contributed by atoms with Crippen LogP contribution in [0.3, 0.4) is 0 Å². The standard InChI is InChI=1S/C28H27FN6O2/c29-18-7-8-35-23(13-31-26(35)10-18)20-4-5-22(27-21(20)12-32-28(27)37)33-25-6-3-19(11-30-25)34-14-16-1-2-17(15-34)24(36)9-16/h3-8,10-11,13,16-17,24,36H,1-2,9,12,14-15H2,(H,30,33)(H,32,37). The Morgan fingerprint density at radius 1 is 1.08 bits per heavy atom. The van der Waals surface area contributed by atoms with Crippen molar-refractivity contribution in [2.75, 3.05) is 23.3 Å². The number of carbonyl (C=O) groups excluding carboxylic acids is 1. The van der Waals surface area contributed by atoms with Gasteiger partial charge in [0.05, 0.1) is 41.1 Å². The summed E-state index contributed by atoms with van der Waals surface area (Å²) in [5.41, 5.74) is 5.38. The first-order chi connectivity index (χ1) is 18.0. The number of benzene rings is 1. The van der Waals surface area contributed by atoms with Crippen molar-refractivity contribution in [1.29, 1.82) is 0 Å². The number of hydrogen-bond donors (Lipinski definition) is 3. The van der Waals surface area contributed by atoms with E-state index in [0.29, 0.717) is 41.1 Å². The third-order valence-corrected chi connectivity index (χ3v) is 8.09. The largest absolute Gasteiger partial charge is 0.393 e. The van der Waals surface area contributed by atoms with Gasteiger partial charge in [0.1, 0.15) is 17.3 Å². The van der Waals surface area contributed by atoms with Crippen LogP contribution in [-0.2, 0) is 6.54 Å². The third-order valence-electron chi connectivity index (χ3n) is 8.09. The number of aromatic nitrogens is 3. The summed E-state index contributed by atoms with van der Waals surface area (Å²) in [7, 11) is 0. The Balaban J connectivity index is 1.17. The van der Waals surface area contributed by atoms with Gasteiger partial charge in [0.15, 0.2) is 0 Å². The molecule has 1 saturated carbocycles. The van der Waals surface area contributed by atoms with Gasteiger partial charge < -0.3 is 20.6 Å². The molecule has 1 aliphatic carbocycles. The Hall–Kier alpha value is -3.98. The number of halogens is 1. The quantitative estimate of drug-likeness (QED) is 0.392. The van der Waals surface area contributed by atoms with Gasteiger partial charge in [-0.2, -0.15) is 0 Å². The number of hydrogen-bond acceptors (Lipinski definition) is 6. The van der Waals surface area contributed by atoms with E-state index in [1.165, 1.54) is 18.6 Å². The van der Waals surface area contributed by atoms with Gasteiger partial charge in [-0.25, -0.2) is 14.4 Å². The lowest BCUT2D eigenvalue weighted by Gasteiger charge is -2.27. The van der Waals surface area contributed by atoms with Gasteiger partial charge in [0.2, 0.25) is 0 Å². The lowest BCUT2D eigenvalue weighted by Crippen LogP contribution is -2.31. The highest BCUT2D eigenvalue weighted by Crippen LogP contribution is 2.37. The zero-order chi connectivity index (χ0) is 25.1. The van der Waals surface area contributed by atoms with Crippen molar-refractivity contribution < 1.29 is 14.3 Å². The Kier molecular flexibility index (Phi) is 5.14. The van der Waals surface area contributed by atoms with Crippen LogP contribution in [0.2, 0.25) is 0 Å². The van der Waals surface area contributed by atoms with Crippen LogP contribution < -0.4 is 15.5 Å². The van der Waals surface area contributed by atoms with E-state index < -0.39 is 0 Å². The van der Waals surface area contributed by atoms with E-state index in [1.54, 1.807) is 12.4 Å². The minimum Gasteiger partial charge on any atom is -0.393 e. The molecule has 2 saturated heterocycles. The summed E-state index contributed by atoms with van der Waals surface area (Å²) in [6, 6.07) is 10.6. The summed E-state index contributed by atoms with van der Waals surface area (Å²) in [5.74, 6) is 1.02. The lowest BCUT2D eigenvalue weighted by atomic mass is 9.82. The fourth-order valence-electron chi connectivity index (χ4n) is 6.18. The van der Waals surface area contributed by atoms with Gasteiger partial charge in [-0.1, -0.05) is 6.07 Å². The lowest BCUT2D eigenvalue weighted by molar-refractivity contribution is 0.0637.